The molecule has 6 nitrogen and oxygen atoms in total. The molecule has 2 N–H and O–H groups in total. The lowest BCUT2D eigenvalue weighted by Gasteiger charge is -2.29. The Kier molecular flexibility index (Phi) is 10.4. The molecular weight excluding hydrogens is 489 g/mol. The number of benzene rings is 1. The van der Waals surface area contributed by atoms with Crippen LogP contribution in [0.25, 0.3) is 0 Å². The summed E-state index contributed by atoms with van der Waals surface area (Å²) < 4.78 is 5.31. The average molecular weight is 523 g/mol. The largest absolute Gasteiger partial charge is 0.497 e. The number of nitrogens with one attached hydrogen (secondary N) is 2. The summed E-state index contributed by atoms with van der Waals surface area (Å²) in [5, 5.41) is 6.94. The Morgan fingerprint density at radius 1 is 1.13 bits per heavy atom. The molecule has 1 fully saturated rings. The van der Waals surface area contributed by atoms with Gasteiger partial charge in [-0.15, -0.1) is 24.0 Å². The fraction of sp³-hybridized carbons (Fsp3) is 0.478. The zero-order valence-corrected chi connectivity index (χ0v) is 20.6. The standard InChI is InChI=1S/C23H33N5O.HI/c1-18-6-7-19(16-26-18)12-13-25-23(24-2)27-17-22(28-14-4-5-15-28)20-8-10-21(29-3)11-9-20;/h6-11,16,22H,4-5,12-15,17H2,1-3H3,(H2,24,25,27);1H. The fourth-order valence-corrected chi connectivity index (χ4v) is 3.72. The van der Waals surface area contributed by atoms with Crippen molar-refractivity contribution in [2.24, 2.45) is 4.99 Å². The van der Waals surface area contributed by atoms with Crippen molar-refractivity contribution in [3.63, 3.8) is 0 Å². The average Bonchev–Trinajstić information content (AvgIpc) is 3.29. The van der Waals surface area contributed by atoms with Crippen LogP contribution in [-0.4, -0.2) is 56.2 Å². The van der Waals surface area contributed by atoms with Gasteiger partial charge in [-0.25, -0.2) is 0 Å². The lowest BCUT2D eigenvalue weighted by atomic mass is 10.1. The summed E-state index contributed by atoms with van der Waals surface area (Å²) in [5.74, 6) is 1.73. The van der Waals surface area contributed by atoms with Gasteiger partial charge in [0, 0.05) is 32.0 Å². The third kappa shape index (κ3) is 7.12. The zero-order chi connectivity index (χ0) is 20.5. The van der Waals surface area contributed by atoms with Crippen LogP contribution in [-0.2, 0) is 6.42 Å². The minimum atomic E-state index is 0. The molecule has 1 atom stereocenters. The molecule has 2 aromatic rings. The fourth-order valence-electron chi connectivity index (χ4n) is 3.72. The highest BCUT2D eigenvalue weighted by Gasteiger charge is 2.23. The molecule has 1 unspecified atom stereocenters. The molecule has 164 valence electrons. The van der Waals surface area contributed by atoms with E-state index in [-0.39, 0.29) is 24.0 Å². The minimum absolute atomic E-state index is 0. The normalized spacial score (nSPS) is 15.4. The van der Waals surface area contributed by atoms with Gasteiger partial charge in [-0.1, -0.05) is 18.2 Å². The molecule has 3 rings (SSSR count). The second kappa shape index (κ2) is 12.7. The first-order chi connectivity index (χ1) is 14.2. The predicted molar refractivity (Wildman–Crippen MR) is 134 cm³/mol. The van der Waals surface area contributed by atoms with Gasteiger partial charge in [0.15, 0.2) is 5.96 Å². The lowest BCUT2D eigenvalue weighted by Crippen LogP contribution is -2.43. The molecule has 2 heterocycles. The van der Waals surface area contributed by atoms with Crippen LogP contribution < -0.4 is 15.4 Å². The summed E-state index contributed by atoms with van der Waals surface area (Å²) in [5.41, 5.74) is 3.58. The molecule has 1 aromatic heterocycles. The molecule has 7 heteroatoms. The molecule has 1 saturated heterocycles. The van der Waals surface area contributed by atoms with Crippen molar-refractivity contribution in [3.8, 4) is 5.75 Å². The number of aryl methyl sites for hydroxylation is 1. The Balaban J connectivity index is 0.00000320. The second-order valence-corrected chi connectivity index (χ2v) is 7.47. The molecule has 0 saturated carbocycles. The second-order valence-electron chi connectivity index (χ2n) is 7.47. The van der Waals surface area contributed by atoms with Crippen LogP contribution >= 0.6 is 24.0 Å². The summed E-state index contributed by atoms with van der Waals surface area (Å²) >= 11 is 0. The molecule has 1 aliphatic rings. The van der Waals surface area contributed by atoms with Gasteiger partial charge >= 0.3 is 0 Å². The topological polar surface area (TPSA) is 61.8 Å². The van der Waals surface area contributed by atoms with Crippen molar-refractivity contribution in [3.05, 3.63) is 59.4 Å². The first-order valence-corrected chi connectivity index (χ1v) is 10.4. The number of hydrogen-bond acceptors (Lipinski definition) is 4. The van der Waals surface area contributed by atoms with Gasteiger partial charge in [0.2, 0.25) is 0 Å². The van der Waals surface area contributed by atoms with Gasteiger partial charge in [-0.3, -0.25) is 14.9 Å². The van der Waals surface area contributed by atoms with Crippen LogP contribution in [0.3, 0.4) is 0 Å². The van der Waals surface area contributed by atoms with Crippen LogP contribution in [0.5, 0.6) is 5.75 Å². The number of ether oxygens (including phenoxy) is 1. The van der Waals surface area contributed by atoms with Crippen molar-refractivity contribution in [1.82, 2.24) is 20.5 Å². The number of pyridine rings is 1. The lowest BCUT2D eigenvalue weighted by molar-refractivity contribution is 0.245. The first-order valence-electron chi connectivity index (χ1n) is 10.4. The highest BCUT2D eigenvalue weighted by atomic mass is 127. The number of hydrogen-bond donors (Lipinski definition) is 2. The Hall–Kier alpha value is -1.87. The number of methoxy groups -OCH3 is 1. The first kappa shape index (κ1) is 24.4. The highest BCUT2D eigenvalue weighted by Crippen LogP contribution is 2.26. The van der Waals surface area contributed by atoms with E-state index in [0.29, 0.717) is 6.04 Å². The predicted octanol–water partition coefficient (Wildman–Crippen LogP) is 3.56. The number of aromatic nitrogens is 1. The number of likely N-dealkylation sites (tertiary alicyclic amines) is 1. The van der Waals surface area contributed by atoms with Gasteiger partial charge < -0.3 is 15.4 Å². The number of guanidine groups is 1. The van der Waals surface area contributed by atoms with E-state index in [1.165, 1.54) is 24.0 Å². The molecule has 0 amide bonds. The number of halogens is 1. The maximum absolute atomic E-state index is 5.31. The summed E-state index contributed by atoms with van der Waals surface area (Å²) in [7, 11) is 3.53. The summed E-state index contributed by atoms with van der Waals surface area (Å²) in [6.07, 6.45) is 5.40. The smallest absolute Gasteiger partial charge is 0.191 e. The van der Waals surface area contributed by atoms with Gasteiger partial charge in [0.25, 0.3) is 0 Å². The molecule has 1 aromatic carbocycles. The SMILES string of the molecule is CN=C(NCCc1ccc(C)nc1)NCC(c1ccc(OC)cc1)N1CCCC1.I. The van der Waals surface area contributed by atoms with E-state index in [2.05, 4.69) is 49.8 Å². The monoisotopic (exact) mass is 523 g/mol. The van der Waals surface area contributed by atoms with Crippen LogP contribution in [0.1, 0.15) is 35.7 Å². The van der Waals surface area contributed by atoms with Crippen LogP contribution in [0.15, 0.2) is 47.6 Å². The van der Waals surface area contributed by atoms with Gasteiger partial charge in [-0.05, 0) is 68.6 Å². The van der Waals surface area contributed by atoms with E-state index in [4.69, 9.17) is 4.74 Å². The summed E-state index contributed by atoms with van der Waals surface area (Å²) in [6.45, 7) is 5.93. The quantitative estimate of drug-likeness (QED) is 0.315. The zero-order valence-electron chi connectivity index (χ0n) is 18.2. The van der Waals surface area contributed by atoms with Crippen LogP contribution in [0.4, 0.5) is 0 Å². The third-order valence-electron chi connectivity index (χ3n) is 5.45. The maximum Gasteiger partial charge on any atom is 0.191 e. The Morgan fingerprint density at radius 3 is 2.47 bits per heavy atom. The molecular formula is C23H34IN5O. The van der Waals surface area contributed by atoms with Crippen molar-refractivity contribution >= 4 is 29.9 Å². The van der Waals surface area contributed by atoms with E-state index >= 15 is 0 Å². The summed E-state index contributed by atoms with van der Waals surface area (Å²) in [6, 6.07) is 12.9. The van der Waals surface area contributed by atoms with E-state index in [9.17, 15) is 0 Å². The Morgan fingerprint density at radius 2 is 1.87 bits per heavy atom. The van der Waals surface area contributed by atoms with Gasteiger partial charge in [0.05, 0.1) is 13.2 Å². The highest BCUT2D eigenvalue weighted by molar-refractivity contribution is 14.0. The molecule has 30 heavy (non-hydrogen) atoms. The number of aliphatic imine (C=N–C) groups is 1. The molecule has 0 radical (unpaired) electrons. The van der Waals surface area contributed by atoms with Gasteiger partial charge in [0.1, 0.15) is 5.75 Å². The Bertz CT molecular complexity index is 773. The van der Waals surface area contributed by atoms with E-state index in [1.807, 2.05) is 32.3 Å². The number of rotatable bonds is 8. The van der Waals surface area contributed by atoms with E-state index in [0.717, 1.165) is 50.0 Å². The number of nitrogens with zero attached hydrogens (tertiary/aromatic N) is 3. The van der Waals surface area contributed by atoms with E-state index in [1.54, 1.807) is 7.11 Å². The molecule has 0 bridgehead atoms. The minimum Gasteiger partial charge on any atom is -0.497 e. The maximum atomic E-state index is 5.31. The van der Waals surface area contributed by atoms with Crippen molar-refractivity contribution < 1.29 is 4.74 Å². The van der Waals surface area contributed by atoms with Gasteiger partial charge in [-0.2, -0.15) is 0 Å². The Labute approximate surface area is 197 Å². The van der Waals surface area contributed by atoms with Crippen LogP contribution in [0, 0.1) is 6.92 Å². The molecule has 1 aliphatic heterocycles. The van der Waals surface area contributed by atoms with Crippen molar-refractivity contribution in [1.29, 1.82) is 0 Å². The molecule has 0 aliphatic carbocycles. The summed E-state index contributed by atoms with van der Waals surface area (Å²) in [4.78, 5) is 11.3. The van der Waals surface area contributed by atoms with Crippen molar-refractivity contribution in [2.75, 3.05) is 40.3 Å². The molecule has 0 spiro atoms. The van der Waals surface area contributed by atoms with Crippen molar-refractivity contribution in [2.45, 2.75) is 32.2 Å². The van der Waals surface area contributed by atoms with E-state index < -0.39 is 0 Å². The third-order valence-corrected chi connectivity index (χ3v) is 5.45. The van der Waals surface area contributed by atoms with Crippen LogP contribution in [0.2, 0.25) is 0 Å².